The van der Waals surface area contributed by atoms with E-state index in [2.05, 4.69) is 5.32 Å². The summed E-state index contributed by atoms with van der Waals surface area (Å²) in [5.41, 5.74) is 4.76. The van der Waals surface area contributed by atoms with Crippen molar-refractivity contribution in [2.45, 2.75) is 34.1 Å². The number of amides is 2. The van der Waals surface area contributed by atoms with Crippen molar-refractivity contribution in [1.29, 1.82) is 0 Å². The van der Waals surface area contributed by atoms with Gasteiger partial charge in [0.2, 0.25) is 11.8 Å². The van der Waals surface area contributed by atoms with Gasteiger partial charge in [0.1, 0.15) is 6.54 Å². The molecule has 0 saturated heterocycles. The van der Waals surface area contributed by atoms with Gasteiger partial charge in [-0.25, -0.2) is 0 Å². The van der Waals surface area contributed by atoms with E-state index in [0.717, 1.165) is 34.5 Å². The summed E-state index contributed by atoms with van der Waals surface area (Å²) < 4.78 is 0. The molecule has 0 aliphatic heterocycles. The predicted molar refractivity (Wildman–Crippen MR) is 98.4 cm³/mol. The van der Waals surface area contributed by atoms with Crippen LogP contribution in [0.1, 0.15) is 30.5 Å². The molecule has 0 aliphatic carbocycles. The van der Waals surface area contributed by atoms with E-state index in [0.29, 0.717) is 0 Å². The zero-order chi connectivity index (χ0) is 17.7. The van der Waals surface area contributed by atoms with Gasteiger partial charge in [0.25, 0.3) is 0 Å². The van der Waals surface area contributed by atoms with Crippen molar-refractivity contribution in [3.8, 4) is 0 Å². The number of carbonyl (C=O) groups excluding carboxylic acids is 2. The zero-order valence-corrected chi connectivity index (χ0v) is 14.7. The van der Waals surface area contributed by atoms with Crippen molar-refractivity contribution in [3.05, 3.63) is 59.2 Å². The average Bonchev–Trinajstić information content (AvgIpc) is 2.56. The van der Waals surface area contributed by atoms with Crippen LogP contribution in [0.25, 0.3) is 0 Å². The Bertz CT molecular complexity index is 753. The van der Waals surface area contributed by atoms with Crippen LogP contribution in [0.5, 0.6) is 0 Å². The van der Waals surface area contributed by atoms with Gasteiger partial charge in [-0.15, -0.1) is 0 Å². The maximum atomic E-state index is 12.5. The molecule has 0 aliphatic rings. The minimum Gasteiger partial charge on any atom is -0.324 e. The largest absolute Gasteiger partial charge is 0.324 e. The van der Waals surface area contributed by atoms with Crippen molar-refractivity contribution in [3.63, 3.8) is 0 Å². The summed E-state index contributed by atoms with van der Waals surface area (Å²) in [6.45, 7) is 7.48. The fraction of sp³-hybridized carbons (Fsp3) is 0.300. The summed E-state index contributed by atoms with van der Waals surface area (Å²) in [6.07, 6.45) is 0.837. The number of nitrogens with zero attached hydrogens (tertiary/aromatic N) is 1. The van der Waals surface area contributed by atoms with Crippen LogP contribution in [0.2, 0.25) is 0 Å². The SMILES string of the molecule is CCc1ccccc1NC(=O)CN(C(C)=O)c1cccc(C)c1C. The maximum Gasteiger partial charge on any atom is 0.244 e. The van der Waals surface area contributed by atoms with Crippen LogP contribution in [-0.4, -0.2) is 18.4 Å². The third-order valence-electron chi connectivity index (χ3n) is 4.22. The first kappa shape index (κ1) is 17.7. The minimum absolute atomic E-state index is 0.00231. The van der Waals surface area contributed by atoms with Gasteiger partial charge in [0.15, 0.2) is 0 Å². The lowest BCUT2D eigenvalue weighted by Crippen LogP contribution is -2.37. The third-order valence-corrected chi connectivity index (χ3v) is 4.22. The molecule has 0 aromatic heterocycles. The molecule has 0 atom stereocenters. The molecule has 24 heavy (non-hydrogen) atoms. The van der Waals surface area contributed by atoms with Crippen molar-refractivity contribution in [2.75, 3.05) is 16.8 Å². The molecule has 0 spiro atoms. The second-order valence-corrected chi connectivity index (χ2v) is 5.88. The summed E-state index contributed by atoms with van der Waals surface area (Å²) in [5.74, 6) is -0.352. The Balaban J connectivity index is 2.20. The summed E-state index contributed by atoms with van der Waals surface area (Å²) in [5, 5.41) is 2.92. The van der Waals surface area contributed by atoms with Gasteiger partial charge in [0, 0.05) is 18.3 Å². The first-order valence-corrected chi connectivity index (χ1v) is 8.16. The Morgan fingerprint density at radius 3 is 2.42 bits per heavy atom. The molecule has 0 fully saturated rings. The van der Waals surface area contributed by atoms with Crippen LogP contribution < -0.4 is 10.2 Å². The van der Waals surface area contributed by atoms with Crippen LogP contribution in [0.4, 0.5) is 11.4 Å². The van der Waals surface area contributed by atoms with Crippen LogP contribution in [0, 0.1) is 13.8 Å². The first-order chi connectivity index (χ1) is 11.4. The number of aryl methyl sites for hydroxylation is 2. The molecule has 1 N–H and O–H groups in total. The Labute approximate surface area is 143 Å². The van der Waals surface area contributed by atoms with E-state index in [-0.39, 0.29) is 18.4 Å². The molecule has 2 aromatic rings. The van der Waals surface area contributed by atoms with E-state index in [1.54, 1.807) is 0 Å². The van der Waals surface area contributed by atoms with Gasteiger partial charge < -0.3 is 10.2 Å². The number of anilines is 2. The molecule has 2 rings (SSSR count). The number of hydrogen-bond donors (Lipinski definition) is 1. The molecule has 126 valence electrons. The minimum atomic E-state index is -0.202. The summed E-state index contributed by atoms with van der Waals surface area (Å²) in [7, 11) is 0. The van der Waals surface area contributed by atoms with Gasteiger partial charge in [-0.05, 0) is 49.1 Å². The Morgan fingerprint density at radius 2 is 1.75 bits per heavy atom. The van der Waals surface area contributed by atoms with Gasteiger partial charge in [-0.3, -0.25) is 9.59 Å². The van der Waals surface area contributed by atoms with E-state index in [1.807, 2.05) is 63.2 Å². The highest BCUT2D eigenvalue weighted by atomic mass is 16.2. The lowest BCUT2D eigenvalue weighted by molar-refractivity contribution is -0.120. The normalized spacial score (nSPS) is 10.3. The molecule has 0 bridgehead atoms. The fourth-order valence-corrected chi connectivity index (χ4v) is 2.68. The quantitative estimate of drug-likeness (QED) is 0.908. The highest BCUT2D eigenvalue weighted by Gasteiger charge is 2.18. The molecule has 0 unspecified atom stereocenters. The highest BCUT2D eigenvalue weighted by molar-refractivity contribution is 6.02. The molecular formula is C20H24N2O2. The van der Waals surface area contributed by atoms with Crippen molar-refractivity contribution >= 4 is 23.2 Å². The van der Waals surface area contributed by atoms with Gasteiger partial charge in [-0.2, -0.15) is 0 Å². The first-order valence-electron chi connectivity index (χ1n) is 8.16. The monoisotopic (exact) mass is 324 g/mol. The standard InChI is InChI=1S/C20H24N2O2/c1-5-17-10-6-7-11-18(17)21-20(24)13-22(16(4)23)19-12-8-9-14(2)15(19)3/h6-12H,5,13H2,1-4H3,(H,21,24). The van der Waals surface area contributed by atoms with E-state index >= 15 is 0 Å². The maximum absolute atomic E-state index is 12.5. The third kappa shape index (κ3) is 4.02. The van der Waals surface area contributed by atoms with Crippen molar-refractivity contribution in [1.82, 2.24) is 0 Å². The summed E-state index contributed by atoms with van der Waals surface area (Å²) in [6, 6.07) is 13.5. The molecular weight excluding hydrogens is 300 g/mol. The number of benzene rings is 2. The van der Waals surface area contributed by atoms with Gasteiger partial charge >= 0.3 is 0 Å². The molecule has 0 heterocycles. The topological polar surface area (TPSA) is 49.4 Å². The Hall–Kier alpha value is -2.62. The molecule has 2 aromatic carbocycles. The highest BCUT2D eigenvalue weighted by Crippen LogP contribution is 2.23. The number of carbonyl (C=O) groups is 2. The van der Waals surface area contributed by atoms with E-state index < -0.39 is 0 Å². The second-order valence-electron chi connectivity index (χ2n) is 5.88. The second kappa shape index (κ2) is 7.77. The smallest absolute Gasteiger partial charge is 0.244 e. The zero-order valence-electron chi connectivity index (χ0n) is 14.7. The number of nitrogens with one attached hydrogen (secondary N) is 1. The van der Waals surface area contributed by atoms with Crippen LogP contribution in [0.3, 0.4) is 0 Å². The number of hydrogen-bond acceptors (Lipinski definition) is 2. The van der Waals surface area contributed by atoms with Crippen LogP contribution >= 0.6 is 0 Å². The van der Waals surface area contributed by atoms with Gasteiger partial charge in [-0.1, -0.05) is 37.3 Å². The fourth-order valence-electron chi connectivity index (χ4n) is 2.68. The Morgan fingerprint density at radius 1 is 1.04 bits per heavy atom. The summed E-state index contributed by atoms with van der Waals surface area (Å²) in [4.78, 5) is 26.0. The van der Waals surface area contributed by atoms with Crippen molar-refractivity contribution in [2.24, 2.45) is 0 Å². The Kier molecular flexibility index (Phi) is 5.74. The molecule has 2 amide bonds. The van der Waals surface area contributed by atoms with Crippen LogP contribution in [0.15, 0.2) is 42.5 Å². The lowest BCUT2D eigenvalue weighted by Gasteiger charge is -2.23. The van der Waals surface area contributed by atoms with E-state index in [4.69, 9.17) is 0 Å². The molecule has 4 nitrogen and oxygen atoms in total. The molecule has 0 saturated carbocycles. The summed E-state index contributed by atoms with van der Waals surface area (Å²) >= 11 is 0. The van der Waals surface area contributed by atoms with E-state index in [1.165, 1.54) is 11.8 Å². The van der Waals surface area contributed by atoms with Gasteiger partial charge in [0.05, 0.1) is 0 Å². The van der Waals surface area contributed by atoms with E-state index in [9.17, 15) is 9.59 Å². The predicted octanol–water partition coefficient (Wildman–Crippen LogP) is 3.86. The number of rotatable bonds is 5. The van der Waals surface area contributed by atoms with Crippen LogP contribution in [-0.2, 0) is 16.0 Å². The van der Waals surface area contributed by atoms with Crippen molar-refractivity contribution < 1.29 is 9.59 Å². The molecule has 0 radical (unpaired) electrons. The molecule has 4 heteroatoms. The number of para-hydroxylation sites is 1. The average molecular weight is 324 g/mol. The lowest BCUT2D eigenvalue weighted by atomic mass is 10.1.